The number of aryl methyl sites for hydroxylation is 1. The van der Waals surface area contributed by atoms with Gasteiger partial charge in [-0.3, -0.25) is 4.79 Å². The minimum atomic E-state index is -1.59. The maximum absolute atomic E-state index is 13.4. The lowest BCUT2D eigenvalue weighted by atomic mass is 10.2. The number of benzene rings is 2. The van der Waals surface area contributed by atoms with Crippen molar-refractivity contribution in [3.63, 3.8) is 0 Å². The van der Waals surface area contributed by atoms with E-state index in [2.05, 4.69) is 5.32 Å². The molecular formula is C16H14F3NOS. The predicted octanol–water partition coefficient (Wildman–Crippen LogP) is 4.02. The highest BCUT2D eigenvalue weighted by molar-refractivity contribution is 7.99. The number of carbonyl (C=O) groups excluding carboxylic acids is 1. The summed E-state index contributed by atoms with van der Waals surface area (Å²) in [5.74, 6) is -3.86. The molecule has 0 unspecified atom stereocenters. The Morgan fingerprint density at radius 2 is 1.73 bits per heavy atom. The zero-order chi connectivity index (χ0) is 15.9. The molecule has 0 atom stereocenters. The van der Waals surface area contributed by atoms with Crippen LogP contribution in [0.25, 0.3) is 0 Å². The first-order valence-electron chi connectivity index (χ1n) is 6.63. The molecule has 2 aromatic carbocycles. The summed E-state index contributed by atoms with van der Waals surface area (Å²) in [5.41, 5.74) is 0.814. The van der Waals surface area contributed by atoms with Gasteiger partial charge >= 0.3 is 0 Å². The number of carbonyl (C=O) groups is 1. The Balaban J connectivity index is 1.78. The third-order valence-corrected chi connectivity index (χ3v) is 3.88. The molecule has 1 N–H and O–H groups in total. The highest BCUT2D eigenvalue weighted by atomic mass is 32.2. The summed E-state index contributed by atoms with van der Waals surface area (Å²) in [4.78, 5) is 11.7. The molecular weight excluding hydrogens is 311 g/mol. The molecule has 2 nitrogen and oxygen atoms in total. The summed E-state index contributed by atoms with van der Waals surface area (Å²) in [6.45, 7) is 0. The Kier molecular flexibility index (Phi) is 5.89. The van der Waals surface area contributed by atoms with Gasteiger partial charge in [0, 0.05) is 0 Å². The summed E-state index contributed by atoms with van der Waals surface area (Å²) in [5, 5.41) is 2.24. The first-order valence-corrected chi connectivity index (χ1v) is 7.78. The largest absolute Gasteiger partial charge is 0.323 e. The van der Waals surface area contributed by atoms with Gasteiger partial charge in [-0.2, -0.15) is 11.8 Å². The number of rotatable bonds is 6. The van der Waals surface area contributed by atoms with Crippen LogP contribution in [0.2, 0.25) is 0 Å². The molecule has 0 aromatic heterocycles. The molecule has 1 amide bonds. The fourth-order valence-electron chi connectivity index (χ4n) is 1.81. The third kappa shape index (κ3) is 4.53. The summed E-state index contributed by atoms with van der Waals surface area (Å²) in [6.07, 6.45) is 0.818. The number of hydrogen-bond acceptors (Lipinski definition) is 2. The topological polar surface area (TPSA) is 29.1 Å². The van der Waals surface area contributed by atoms with E-state index in [0.717, 1.165) is 24.3 Å². The van der Waals surface area contributed by atoms with Crippen molar-refractivity contribution in [2.24, 2.45) is 0 Å². The van der Waals surface area contributed by atoms with E-state index in [-0.39, 0.29) is 11.4 Å². The lowest BCUT2D eigenvalue weighted by Gasteiger charge is -2.07. The smallest absolute Gasteiger partial charge is 0.234 e. The van der Waals surface area contributed by atoms with Crippen molar-refractivity contribution < 1.29 is 18.0 Å². The zero-order valence-electron chi connectivity index (χ0n) is 11.6. The zero-order valence-corrected chi connectivity index (χ0v) is 12.4. The average molecular weight is 325 g/mol. The van der Waals surface area contributed by atoms with Gasteiger partial charge in [0.05, 0.1) is 11.4 Å². The minimum Gasteiger partial charge on any atom is -0.323 e. The fourth-order valence-corrected chi connectivity index (χ4v) is 2.59. The monoisotopic (exact) mass is 325 g/mol. The van der Waals surface area contributed by atoms with Crippen LogP contribution in [-0.2, 0) is 11.2 Å². The SMILES string of the molecule is O=C(CSCCc1ccccc1)Nc1ccc(F)c(F)c1F. The second-order valence-electron chi connectivity index (χ2n) is 4.56. The number of hydrogen-bond donors (Lipinski definition) is 1. The van der Waals surface area contributed by atoms with Crippen LogP contribution >= 0.6 is 11.8 Å². The van der Waals surface area contributed by atoms with E-state index in [1.165, 1.54) is 17.3 Å². The van der Waals surface area contributed by atoms with Gasteiger partial charge < -0.3 is 5.32 Å². The molecule has 2 rings (SSSR count). The Bertz CT molecular complexity index is 649. The van der Waals surface area contributed by atoms with Crippen LogP contribution in [-0.4, -0.2) is 17.4 Å². The first kappa shape index (κ1) is 16.4. The van der Waals surface area contributed by atoms with Crippen LogP contribution in [0.15, 0.2) is 42.5 Å². The van der Waals surface area contributed by atoms with Crippen LogP contribution in [0.5, 0.6) is 0 Å². The normalized spacial score (nSPS) is 10.5. The molecule has 22 heavy (non-hydrogen) atoms. The van der Waals surface area contributed by atoms with Gasteiger partial charge in [0.1, 0.15) is 0 Å². The maximum Gasteiger partial charge on any atom is 0.234 e. The average Bonchev–Trinajstić information content (AvgIpc) is 2.53. The van der Waals surface area contributed by atoms with Crippen molar-refractivity contribution >= 4 is 23.4 Å². The van der Waals surface area contributed by atoms with Crippen molar-refractivity contribution in [3.05, 3.63) is 65.5 Å². The van der Waals surface area contributed by atoms with E-state index >= 15 is 0 Å². The predicted molar refractivity (Wildman–Crippen MR) is 82.4 cm³/mol. The standard InChI is InChI=1S/C16H14F3NOS/c17-12-6-7-13(16(19)15(12)18)20-14(21)10-22-9-8-11-4-2-1-3-5-11/h1-7H,8-10H2,(H,20,21). The lowest BCUT2D eigenvalue weighted by Crippen LogP contribution is -2.16. The molecule has 0 saturated carbocycles. The quantitative estimate of drug-likeness (QED) is 0.642. The van der Waals surface area contributed by atoms with E-state index in [4.69, 9.17) is 0 Å². The van der Waals surface area contributed by atoms with Gasteiger partial charge in [0.2, 0.25) is 5.91 Å². The van der Waals surface area contributed by atoms with E-state index in [1.54, 1.807) is 0 Å². The van der Waals surface area contributed by atoms with Crippen LogP contribution in [0.3, 0.4) is 0 Å². The minimum absolute atomic E-state index is 0.116. The van der Waals surface area contributed by atoms with Crippen LogP contribution in [0.1, 0.15) is 5.56 Å². The molecule has 6 heteroatoms. The number of anilines is 1. The van der Waals surface area contributed by atoms with Gasteiger partial charge in [0.25, 0.3) is 0 Å². The maximum atomic E-state index is 13.4. The van der Waals surface area contributed by atoms with Gasteiger partial charge in [-0.15, -0.1) is 0 Å². The molecule has 0 radical (unpaired) electrons. The highest BCUT2D eigenvalue weighted by Crippen LogP contribution is 2.19. The number of halogens is 3. The second-order valence-corrected chi connectivity index (χ2v) is 5.66. The van der Waals surface area contributed by atoms with Crippen LogP contribution < -0.4 is 5.32 Å². The molecule has 0 heterocycles. The van der Waals surface area contributed by atoms with Gasteiger partial charge in [-0.1, -0.05) is 30.3 Å². The van der Waals surface area contributed by atoms with Gasteiger partial charge in [0.15, 0.2) is 17.5 Å². The van der Waals surface area contributed by atoms with E-state index in [0.29, 0.717) is 0 Å². The summed E-state index contributed by atoms with van der Waals surface area (Å²) in [6, 6.07) is 11.6. The molecule has 116 valence electrons. The Hall–Kier alpha value is -1.95. The molecule has 0 spiro atoms. The first-order chi connectivity index (χ1) is 10.6. The van der Waals surface area contributed by atoms with E-state index in [1.807, 2.05) is 30.3 Å². The van der Waals surface area contributed by atoms with Crippen molar-refractivity contribution in [2.75, 3.05) is 16.8 Å². The Morgan fingerprint density at radius 1 is 1.00 bits per heavy atom. The van der Waals surface area contributed by atoms with Crippen molar-refractivity contribution in [2.45, 2.75) is 6.42 Å². The molecule has 0 fully saturated rings. The molecule has 0 aliphatic rings. The fraction of sp³-hybridized carbons (Fsp3) is 0.188. The highest BCUT2D eigenvalue weighted by Gasteiger charge is 2.15. The molecule has 0 aliphatic heterocycles. The number of nitrogens with one attached hydrogen (secondary N) is 1. The summed E-state index contributed by atoms with van der Waals surface area (Å²) >= 11 is 1.39. The van der Waals surface area contributed by atoms with E-state index < -0.39 is 23.4 Å². The van der Waals surface area contributed by atoms with Crippen molar-refractivity contribution in [1.82, 2.24) is 0 Å². The third-order valence-electron chi connectivity index (χ3n) is 2.92. The molecule has 0 aliphatic carbocycles. The second kappa shape index (κ2) is 7.89. The van der Waals surface area contributed by atoms with Gasteiger partial charge in [-0.25, -0.2) is 13.2 Å². The Labute approximate surface area is 130 Å². The summed E-state index contributed by atoms with van der Waals surface area (Å²) < 4.78 is 39.2. The van der Waals surface area contributed by atoms with Crippen LogP contribution in [0.4, 0.5) is 18.9 Å². The summed E-state index contributed by atoms with van der Waals surface area (Å²) in [7, 11) is 0. The molecule has 0 saturated heterocycles. The number of thioether (sulfide) groups is 1. The van der Waals surface area contributed by atoms with Crippen molar-refractivity contribution in [3.8, 4) is 0 Å². The molecule has 0 bridgehead atoms. The van der Waals surface area contributed by atoms with Crippen molar-refractivity contribution in [1.29, 1.82) is 0 Å². The Morgan fingerprint density at radius 3 is 2.45 bits per heavy atom. The van der Waals surface area contributed by atoms with E-state index in [9.17, 15) is 18.0 Å². The van der Waals surface area contributed by atoms with Gasteiger partial charge in [-0.05, 0) is 29.9 Å². The number of amides is 1. The van der Waals surface area contributed by atoms with Crippen LogP contribution in [0, 0.1) is 17.5 Å². The lowest BCUT2D eigenvalue weighted by molar-refractivity contribution is -0.113. The molecule has 2 aromatic rings.